The van der Waals surface area contributed by atoms with Crippen LogP contribution in [0.4, 0.5) is 4.79 Å². The van der Waals surface area contributed by atoms with E-state index >= 15 is 0 Å². The second-order valence-corrected chi connectivity index (χ2v) is 6.51. The van der Waals surface area contributed by atoms with Crippen LogP contribution in [0.15, 0.2) is 54.6 Å². The predicted octanol–water partition coefficient (Wildman–Crippen LogP) is 2.45. The molecule has 5 nitrogen and oxygen atoms in total. The van der Waals surface area contributed by atoms with Crippen LogP contribution in [-0.2, 0) is 6.42 Å². The first-order chi connectivity index (χ1) is 12.2. The number of carbonyl (C=O) groups is 2. The molecule has 0 radical (unpaired) electrons. The predicted molar refractivity (Wildman–Crippen MR) is 95.3 cm³/mol. The van der Waals surface area contributed by atoms with Gasteiger partial charge in [-0.25, -0.2) is 4.79 Å². The molecule has 25 heavy (non-hydrogen) atoms. The van der Waals surface area contributed by atoms with Crippen molar-refractivity contribution in [3.8, 4) is 0 Å². The van der Waals surface area contributed by atoms with Crippen LogP contribution in [0.2, 0.25) is 0 Å². The summed E-state index contributed by atoms with van der Waals surface area (Å²) in [5.74, 6) is 0.0512. The molecule has 0 unspecified atom stereocenters. The van der Waals surface area contributed by atoms with E-state index in [1.54, 1.807) is 4.90 Å². The second kappa shape index (κ2) is 6.59. The largest absolute Gasteiger partial charge is 0.336 e. The molecule has 1 saturated heterocycles. The summed E-state index contributed by atoms with van der Waals surface area (Å²) in [5, 5.41) is 2.81. The van der Waals surface area contributed by atoms with Crippen LogP contribution in [0.1, 0.15) is 27.5 Å². The summed E-state index contributed by atoms with van der Waals surface area (Å²) < 4.78 is 0. The number of fused-ring (bicyclic) bond motifs is 1. The highest BCUT2D eigenvalue weighted by molar-refractivity contribution is 5.97. The van der Waals surface area contributed by atoms with Crippen molar-refractivity contribution in [1.29, 1.82) is 0 Å². The van der Waals surface area contributed by atoms with E-state index in [-0.39, 0.29) is 18.0 Å². The molecule has 3 amide bonds. The fourth-order valence-electron chi connectivity index (χ4n) is 3.70. The zero-order valence-electron chi connectivity index (χ0n) is 14.0. The Morgan fingerprint density at radius 2 is 1.72 bits per heavy atom. The molecule has 2 aromatic carbocycles. The first-order valence-electron chi connectivity index (χ1n) is 8.70. The van der Waals surface area contributed by atoms with Crippen molar-refractivity contribution in [2.24, 2.45) is 0 Å². The molecule has 1 N–H and O–H groups in total. The van der Waals surface area contributed by atoms with Gasteiger partial charge in [0.15, 0.2) is 0 Å². The topological polar surface area (TPSA) is 52.7 Å². The third-order valence-corrected chi connectivity index (χ3v) is 5.04. The molecule has 2 heterocycles. The third-order valence-electron chi connectivity index (χ3n) is 5.04. The summed E-state index contributed by atoms with van der Waals surface area (Å²) >= 11 is 0. The Kier molecular flexibility index (Phi) is 4.14. The average Bonchev–Trinajstić information content (AvgIpc) is 3.06. The van der Waals surface area contributed by atoms with Gasteiger partial charge in [0.2, 0.25) is 0 Å². The van der Waals surface area contributed by atoms with Gasteiger partial charge in [-0.1, -0.05) is 48.5 Å². The summed E-state index contributed by atoms with van der Waals surface area (Å²) in [6, 6.07) is 17.9. The van der Waals surface area contributed by atoms with Crippen LogP contribution >= 0.6 is 0 Å². The van der Waals surface area contributed by atoms with Crippen LogP contribution in [0.3, 0.4) is 0 Å². The van der Waals surface area contributed by atoms with Gasteiger partial charge in [-0.3, -0.25) is 4.79 Å². The molecule has 4 rings (SSSR count). The maximum Gasteiger partial charge on any atom is 0.317 e. The van der Waals surface area contributed by atoms with E-state index in [9.17, 15) is 9.59 Å². The Hall–Kier alpha value is -2.82. The van der Waals surface area contributed by atoms with E-state index in [1.807, 2.05) is 47.4 Å². The fraction of sp³-hybridized carbons (Fsp3) is 0.300. The average molecular weight is 335 g/mol. The Labute approximate surface area is 147 Å². The van der Waals surface area contributed by atoms with Crippen molar-refractivity contribution in [3.05, 3.63) is 71.3 Å². The molecule has 128 valence electrons. The molecule has 1 atom stereocenters. The lowest BCUT2D eigenvalue weighted by Gasteiger charge is -2.37. The van der Waals surface area contributed by atoms with Gasteiger partial charge in [-0.05, 0) is 23.6 Å². The molecule has 0 aliphatic carbocycles. The minimum absolute atomic E-state index is 0.00858. The van der Waals surface area contributed by atoms with Crippen LogP contribution < -0.4 is 5.32 Å². The minimum Gasteiger partial charge on any atom is -0.336 e. The van der Waals surface area contributed by atoms with Crippen LogP contribution in [0, 0.1) is 0 Å². The monoisotopic (exact) mass is 335 g/mol. The van der Waals surface area contributed by atoms with Gasteiger partial charge >= 0.3 is 6.03 Å². The van der Waals surface area contributed by atoms with Gasteiger partial charge in [0.05, 0.1) is 6.04 Å². The van der Waals surface area contributed by atoms with Crippen LogP contribution in [0.25, 0.3) is 0 Å². The molecule has 2 aliphatic rings. The molecular formula is C20H21N3O2. The van der Waals surface area contributed by atoms with Gasteiger partial charge in [0.25, 0.3) is 5.91 Å². The SMILES string of the molecule is O=C1NCCN1CCN1C(=O)c2ccccc2C[C@H]1c1ccccc1. The smallest absolute Gasteiger partial charge is 0.317 e. The van der Waals surface area contributed by atoms with Gasteiger partial charge < -0.3 is 15.1 Å². The highest BCUT2D eigenvalue weighted by atomic mass is 16.2. The van der Waals surface area contributed by atoms with Gasteiger partial charge in [-0.15, -0.1) is 0 Å². The summed E-state index contributed by atoms with van der Waals surface area (Å²) in [6.45, 7) is 2.48. The van der Waals surface area contributed by atoms with Gasteiger partial charge in [0, 0.05) is 31.7 Å². The summed E-state index contributed by atoms with van der Waals surface area (Å²) in [6.07, 6.45) is 0.804. The van der Waals surface area contributed by atoms with E-state index in [1.165, 1.54) is 0 Å². The van der Waals surface area contributed by atoms with Crippen molar-refractivity contribution in [1.82, 2.24) is 15.1 Å². The molecular weight excluding hydrogens is 314 g/mol. The maximum atomic E-state index is 13.1. The first kappa shape index (κ1) is 15.7. The standard InChI is InChI=1S/C20H21N3O2/c24-19-17-9-5-4-8-16(17)14-18(15-6-2-1-3-7-15)23(19)13-12-22-11-10-21-20(22)25/h1-9,18H,10-14H2,(H,21,25)/t18-/m0/s1. The van der Waals surface area contributed by atoms with E-state index in [0.717, 1.165) is 23.1 Å². The number of hydrogen-bond acceptors (Lipinski definition) is 2. The number of hydrogen-bond donors (Lipinski definition) is 1. The third kappa shape index (κ3) is 2.97. The van der Waals surface area contributed by atoms with Gasteiger partial charge in [0.1, 0.15) is 0 Å². The Morgan fingerprint density at radius 1 is 0.960 bits per heavy atom. The van der Waals surface area contributed by atoms with Crippen molar-refractivity contribution in [2.75, 3.05) is 26.2 Å². The van der Waals surface area contributed by atoms with Crippen molar-refractivity contribution >= 4 is 11.9 Å². The minimum atomic E-state index is -0.0406. The number of rotatable bonds is 4. The number of amides is 3. The molecule has 0 aromatic heterocycles. The highest BCUT2D eigenvalue weighted by Gasteiger charge is 2.33. The van der Waals surface area contributed by atoms with E-state index in [2.05, 4.69) is 17.4 Å². The van der Waals surface area contributed by atoms with E-state index in [4.69, 9.17) is 0 Å². The first-order valence-corrected chi connectivity index (χ1v) is 8.70. The zero-order chi connectivity index (χ0) is 17.2. The second-order valence-electron chi connectivity index (χ2n) is 6.51. The van der Waals surface area contributed by atoms with Crippen LogP contribution in [0.5, 0.6) is 0 Å². The zero-order valence-corrected chi connectivity index (χ0v) is 14.0. The molecule has 0 saturated carbocycles. The quantitative estimate of drug-likeness (QED) is 0.933. The van der Waals surface area contributed by atoms with Crippen molar-refractivity contribution in [3.63, 3.8) is 0 Å². The molecule has 2 aliphatic heterocycles. The molecule has 0 bridgehead atoms. The summed E-state index contributed by atoms with van der Waals surface area (Å²) in [5.41, 5.74) is 3.01. The normalized spacial score (nSPS) is 19.8. The van der Waals surface area contributed by atoms with Crippen LogP contribution in [-0.4, -0.2) is 47.9 Å². The van der Waals surface area contributed by atoms with E-state index < -0.39 is 0 Å². The number of nitrogens with zero attached hydrogens (tertiary/aromatic N) is 2. The number of urea groups is 1. The highest BCUT2D eigenvalue weighted by Crippen LogP contribution is 2.32. The molecule has 0 spiro atoms. The Bertz CT molecular complexity index is 791. The lowest BCUT2D eigenvalue weighted by Crippen LogP contribution is -2.45. The molecule has 2 aromatic rings. The number of benzene rings is 2. The molecule has 1 fully saturated rings. The lowest BCUT2D eigenvalue weighted by atomic mass is 9.89. The lowest BCUT2D eigenvalue weighted by molar-refractivity contribution is 0.0632. The molecule has 5 heteroatoms. The Morgan fingerprint density at radius 3 is 2.48 bits per heavy atom. The number of carbonyl (C=O) groups excluding carboxylic acids is 2. The van der Waals surface area contributed by atoms with Crippen molar-refractivity contribution < 1.29 is 9.59 Å². The summed E-state index contributed by atoms with van der Waals surface area (Å²) in [7, 11) is 0. The fourth-order valence-corrected chi connectivity index (χ4v) is 3.70. The van der Waals surface area contributed by atoms with Gasteiger partial charge in [-0.2, -0.15) is 0 Å². The Balaban J connectivity index is 1.62. The number of nitrogens with one attached hydrogen (secondary N) is 1. The summed E-state index contributed by atoms with van der Waals surface area (Å²) in [4.78, 5) is 28.6. The maximum absolute atomic E-state index is 13.1. The van der Waals surface area contributed by atoms with E-state index in [0.29, 0.717) is 26.2 Å². The van der Waals surface area contributed by atoms with Crippen molar-refractivity contribution in [2.45, 2.75) is 12.5 Å².